The van der Waals surface area contributed by atoms with E-state index in [2.05, 4.69) is 152 Å². The van der Waals surface area contributed by atoms with E-state index in [9.17, 15) is 24.6 Å². The summed E-state index contributed by atoms with van der Waals surface area (Å²) in [4.78, 5) is 37.8. The van der Waals surface area contributed by atoms with E-state index in [1.54, 1.807) is 0 Å². The molecule has 0 aliphatic heterocycles. The lowest BCUT2D eigenvalue weighted by Crippen LogP contribution is -2.44. The topological polar surface area (TPSA) is 125 Å². The molecule has 0 aliphatic rings. The highest BCUT2D eigenvalue weighted by Crippen LogP contribution is 2.08. The van der Waals surface area contributed by atoms with Crippen LogP contribution in [0.5, 0.6) is 0 Å². The first-order valence-corrected chi connectivity index (χ1v) is 22.1. The molecule has 0 unspecified atom stereocenters. The smallest absolute Gasteiger partial charge is 0.329 e. The SMILES string of the molecule is CC/C=C\C/C=C\C/C=C\C/C=C\C/C=C\C/C=C\CCC(=O)NCCCC[C@H](NC(=O)CCC/C=C\C/C=C\C/C=C\C/C=C\C/C=C\CC)C(=O)OC(CO)CO. The maximum absolute atomic E-state index is 12.8. The summed E-state index contributed by atoms with van der Waals surface area (Å²) in [6, 6.07) is -0.902. The van der Waals surface area contributed by atoms with Gasteiger partial charge in [-0.15, -0.1) is 0 Å². The van der Waals surface area contributed by atoms with E-state index < -0.39 is 31.3 Å². The van der Waals surface area contributed by atoms with Crippen LogP contribution in [0.15, 0.2) is 134 Å². The Labute approximate surface area is 358 Å². The van der Waals surface area contributed by atoms with E-state index in [0.717, 1.165) is 77.0 Å². The van der Waals surface area contributed by atoms with Crippen molar-refractivity contribution in [3.05, 3.63) is 134 Å². The Bertz CT molecular complexity index is 1370. The number of aliphatic hydroxyl groups excluding tert-OH is 2. The van der Waals surface area contributed by atoms with Crippen molar-refractivity contribution in [1.82, 2.24) is 10.6 Å². The maximum atomic E-state index is 12.8. The normalized spacial score (nSPS) is 13.4. The van der Waals surface area contributed by atoms with Gasteiger partial charge in [0.25, 0.3) is 0 Å². The minimum Gasteiger partial charge on any atom is -0.456 e. The third-order valence-electron chi connectivity index (χ3n) is 8.62. The number of nitrogens with one attached hydrogen (secondary N) is 2. The summed E-state index contributed by atoms with van der Waals surface area (Å²) in [5.74, 6) is -0.980. The number of rotatable bonds is 37. The molecule has 0 rings (SSSR count). The molecule has 4 N–H and O–H groups in total. The molecule has 0 aromatic rings. The summed E-state index contributed by atoms with van der Waals surface area (Å²) in [5.41, 5.74) is 0. The molecule has 8 heteroatoms. The van der Waals surface area contributed by atoms with Gasteiger partial charge in [-0.25, -0.2) is 4.79 Å². The summed E-state index contributed by atoms with van der Waals surface area (Å²) in [5, 5.41) is 24.4. The van der Waals surface area contributed by atoms with Crippen molar-refractivity contribution in [1.29, 1.82) is 0 Å². The molecule has 1 atom stereocenters. The lowest BCUT2D eigenvalue weighted by Gasteiger charge is -2.20. The van der Waals surface area contributed by atoms with Crippen LogP contribution in [0.1, 0.15) is 136 Å². The molecular weight excluding hydrogens is 737 g/mol. The second kappa shape index (κ2) is 44.6. The summed E-state index contributed by atoms with van der Waals surface area (Å²) in [6.07, 6.45) is 61.0. The van der Waals surface area contributed by atoms with Crippen LogP contribution in [-0.4, -0.2) is 59.9 Å². The second-order valence-electron chi connectivity index (χ2n) is 13.9. The first kappa shape index (κ1) is 54.5. The zero-order valence-electron chi connectivity index (χ0n) is 36.4. The van der Waals surface area contributed by atoms with Gasteiger partial charge in [0.1, 0.15) is 12.1 Å². The molecule has 0 spiro atoms. The number of hydrogen-bond donors (Lipinski definition) is 4. The Morgan fingerprint density at radius 1 is 0.475 bits per heavy atom. The Hall–Kier alpha value is -4.53. The number of allylic oxidation sites excluding steroid dienone is 22. The number of esters is 1. The number of hydrogen-bond acceptors (Lipinski definition) is 6. The van der Waals surface area contributed by atoms with Crippen molar-refractivity contribution in [2.24, 2.45) is 0 Å². The molecule has 0 aliphatic carbocycles. The molecule has 0 bridgehead atoms. The molecule has 0 radical (unpaired) electrons. The Kier molecular flexibility index (Phi) is 41.1. The molecule has 0 heterocycles. The van der Waals surface area contributed by atoms with Gasteiger partial charge in [0, 0.05) is 19.4 Å². The summed E-state index contributed by atoms with van der Waals surface area (Å²) in [7, 11) is 0. The Balaban J connectivity index is 4.29. The van der Waals surface area contributed by atoms with Crippen molar-refractivity contribution < 1.29 is 29.3 Å². The lowest BCUT2D eigenvalue weighted by atomic mass is 10.1. The zero-order valence-corrected chi connectivity index (χ0v) is 36.4. The van der Waals surface area contributed by atoms with Crippen molar-refractivity contribution in [2.45, 2.75) is 148 Å². The van der Waals surface area contributed by atoms with Crippen molar-refractivity contribution in [3.8, 4) is 0 Å². The fraction of sp³-hybridized carbons (Fsp3) is 0.510. The molecule has 0 saturated carbocycles. The van der Waals surface area contributed by atoms with Gasteiger partial charge in [0.05, 0.1) is 13.2 Å². The van der Waals surface area contributed by atoms with Gasteiger partial charge in [0.2, 0.25) is 11.8 Å². The number of unbranched alkanes of at least 4 members (excludes halogenated alkanes) is 2. The third-order valence-corrected chi connectivity index (χ3v) is 8.62. The van der Waals surface area contributed by atoms with Crippen LogP contribution in [0.25, 0.3) is 0 Å². The van der Waals surface area contributed by atoms with E-state index in [0.29, 0.717) is 45.1 Å². The number of ether oxygens (including phenoxy) is 1. The van der Waals surface area contributed by atoms with Gasteiger partial charge in [-0.3, -0.25) is 9.59 Å². The van der Waals surface area contributed by atoms with Gasteiger partial charge < -0.3 is 25.6 Å². The highest BCUT2D eigenvalue weighted by molar-refractivity contribution is 5.84. The summed E-state index contributed by atoms with van der Waals surface area (Å²) >= 11 is 0. The van der Waals surface area contributed by atoms with E-state index in [-0.39, 0.29) is 18.2 Å². The van der Waals surface area contributed by atoms with Gasteiger partial charge in [-0.2, -0.15) is 0 Å². The number of carbonyl (C=O) groups excluding carboxylic acids is 3. The lowest BCUT2D eigenvalue weighted by molar-refractivity contribution is -0.157. The van der Waals surface area contributed by atoms with Gasteiger partial charge in [-0.1, -0.05) is 148 Å². The quantitative estimate of drug-likeness (QED) is 0.0281. The molecule has 8 nitrogen and oxygen atoms in total. The maximum Gasteiger partial charge on any atom is 0.329 e. The molecule has 0 aromatic heterocycles. The second-order valence-corrected chi connectivity index (χ2v) is 13.9. The molecular formula is C51H78N2O6. The molecule has 0 aromatic carbocycles. The minimum atomic E-state index is -1.04. The average Bonchev–Trinajstić information content (AvgIpc) is 3.24. The van der Waals surface area contributed by atoms with E-state index in [1.807, 2.05) is 6.08 Å². The monoisotopic (exact) mass is 815 g/mol. The molecule has 0 fully saturated rings. The fourth-order valence-corrected chi connectivity index (χ4v) is 5.29. The Morgan fingerprint density at radius 3 is 1.27 bits per heavy atom. The minimum absolute atomic E-state index is 0.0324. The summed E-state index contributed by atoms with van der Waals surface area (Å²) in [6.45, 7) is 3.71. The largest absolute Gasteiger partial charge is 0.456 e. The van der Waals surface area contributed by atoms with Crippen LogP contribution in [0.3, 0.4) is 0 Å². The first-order chi connectivity index (χ1) is 29.0. The van der Waals surface area contributed by atoms with E-state index in [1.165, 1.54) is 0 Å². The fourth-order valence-electron chi connectivity index (χ4n) is 5.29. The molecule has 328 valence electrons. The highest BCUT2D eigenvalue weighted by atomic mass is 16.6. The van der Waals surface area contributed by atoms with Crippen LogP contribution in [0.2, 0.25) is 0 Å². The molecule has 0 saturated heterocycles. The van der Waals surface area contributed by atoms with Gasteiger partial charge >= 0.3 is 5.97 Å². The van der Waals surface area contributed by atoms with Crippen LogP contribution in [0, 0.1) is 0 Å². The van der Waals surface area contributed by atoms with Gasteiger partial charge in [-0.05, 0) is 109 Å². The van der Waals surface area contributed by atoms with Gasteiger partial charge in [0.15, 0.2) is 0 Å². The Morgan fingerprint density at radius 2 is 0.864 bits per heavy atom. The predicted octanol–water partition coefficient (Wildman–Crippen LogP) is 11.1. The average molecular weight is 815 g/mol. The number of carbonyl (C=O) groups is 3. The number of aliphatic hydroxyl groups is 2. The number of amides is 2. The van der Waals surface area contributed by atoms with Crippen molar-refractivity contribution >= 4 is 17.8 Å². The standard InChI is InChI=1S/C51H78N2O6/c1-3-5-7-9-11-13-15-17-19-21-22-24-25-27-29-31-33-35-37-42-49(56)52-44-40-39-41-48(51(58)59-47(45-54)46-55)53-50(57)43-38-36-34-32-30-28-26-23-20-18-16-14-12-10-8-6-4-2/h5-8,11-14,17-20,22,24,26-29,32-35,47-48,54-55H,3-4,9-10,15-16,21,23,25,30-31,36-46H2,1-2H3,(H,52,56)(H,53,57)/b7-5-,8-6-,13-11-,14-12-,19-17-,20-18-,24-22-,28-26-,29-27-,34-32-,35-33-/t48-/m0/s1. The van der Waals surface area contributed by atoms with Crippen LogP contribution >= 0.6 is 0 Å². The highest BCUT2D eigenvalue weighted by Gasteiger charge is 2.24. The zero-order chi connectivity index (χ0) is 43.1. The summed E-state index contributed by atoms with van der Waals surface area (Å²) < 4.78 is 5.21. The predicted molar refractivity (Wildman–Crippen MR) is 249 cm³/mol. The molecule has 59 heavy (non-hydrogen) atoms. The van der Waals surface area contributed by atoms with Crippen molar-refractivity contribution in [3.63, 3.8) is 0 Å². The first-order valence-electron chi connectivity index (χ1n) is 22.1. The van der Waals surface area contributed by atoms with E-state index in [4.69, 9.17) is 4.74 Å². The molecule has 2 amide bonds. The van der Waals surface area contributed by atoms with Crippen LogP contribution in [-0.2, 0) is 19.1 Å². The van der Waals surface area contributed by atoms with Crippen molar-refractivity contribution in [2.75, 3.05) is 19.8 Å². The third kappa shape index (κ3) is 40.1. The van der Waals surface area contributed by atoms with Crippen LogP contribution in [0.4, 0.5) is 0 Å². The van der Waals surface area contributed by atoms with Crippen LogP contribution < -0.4 is 10.6 Å². The van der Waals surface area contributed by atoms with E-state index >= 15 is 0 Å².